The van der Waals surface area contributed by atoms with E-state index in [0.717, 1.165) is 5.56 Å². The summed E-state index contributed by atoms with van der Waals surface area (Å²) in [5, 5.41) is 13.5. The number of amides is 1. The Morgan fingerprint density at radius 3 is 2.39 bits per heavy atom. The number of carbonyl (C=O) groups excluding carboxylic acids is 2. The first-order valence-corrected chi connectivity index (χ1v) is 8.07. The van der Waals surface area contributed by atoms with Gasteiger partial charge in [0.25, 0.3) is 0 Å². The molecule has 0 spiro atoms. The van der Waals surface area contributed by atoms with Crippen LogP contribution < -0.4 is 5.32 Å². The van der Waals surface area contributed by atoms with Crippen LogP contribution in [0.3, 0.4) is 0 Å². The molecule has 1 unspecified atom stereocenters. The van der Waals surface area contributed by atoms with Crippen LogP contribution in [0.2, 0.25) is 0 Å². The standard InChI is InChI=1S/C17H17NO4S/c19-14(15-7-4-10-23-15)8-9-16(20)18-13(17(21)22)11-12-5-2-1-3-6-12/h1-7,10,13H,8-9,11H2,(H,18,20)(H,21,22). The summed E-state index contributed by atoms with van der Waals surface area (Å²) < 4.78 is 0. The number of thiophene rings is 1. The second-order valence-corrected chi connectivity index (χ2v) is 6.00. The van der Waals surface area contributed by atoms with Crippen molar-refractivity contribution < 1.29 is 19.5 Å². The van der Waals surface area contributed by atoms with Crippen LogP contribution in [0.25, 0.3) is 0 Å². The lowest BCUT2D eigenvalue weighted by Crippen LogP contribution is -2.42. The fraction of sp³-hybridized carbons (Fsp3) is 0.235. The third kappa shape index (κ3) is 5.34. The lowest BCUT2D eigenvalue weighted by Gasteiger charge is -2.14. The van der Waals surface area contributed by atoms with Gasteiger partial charge in [0.1, 0.15) is 6.04 Å². The summed E-state index contributed by atoms with van der Waals surface area (Å²) in [6.07, 6.45) is 0.264. The van der Waals surface area contributed by atoms with Crippen molar-refractivity contribution in [2.45, 2.75) is 25.3 Å². The van der Waals surface area contributed by atoms with E-state index >= 15 is 0 Å². The van der Waals surface area contributed by atoms with Gasteiger partial charge in [0, 0.05) is 19.3 Å². The quantitative estimate of drug-likeness (QED) is 0.728. The first-order chi connectivity index (χ1) is 11.1. The molecule has 120 valence electrons. The number of aliphatic carboxylic acids is 1. The van der Waals surface area contributed by atoms with Crippen molar-refractivity contribution in [3.8, 4) is 0 Å². The Labute approximate surface area is 138 Å². The second-order valence-electron chi connectivity index (χ2n) is 5.05. The Morgan fingerprint density at radius 2 is 1.78 bits per heavy atom. The maximum absolute atomic E-state index is 11.9. The monoisotopic (exact) mass is 331 g/mol. The fourth-order valence-corrected chi connectivity index (χ4v) is 2.80. The van der Waals surface area contributed by atoms with E-state index in [9.17, 15) is 19.5 Å². The van der Waals surface area contributed by atoms with Gasteiger partial charge in [-0.25, -0.2) is 4.79 Å². The molecule has 0 aliphatic rings. The van der Waals surface area contributed by atoms with E-state index in [-0.39, 0.29) is 25.0 Å². The Kier molecular flexibility index (Phi) is 6.05. The Bertz CT molecular complexity index is 667. The van der Waals surface area contributed by atoms with E-state index in [1.165, 1.54) is 11.3 Å². The number of nitrogens with one attached hydrogen (secondary N) is 1. The van der Waals surface area contributed by atoms with E-state index in [0.29, 0.717) is 4.88 Å². The predicted octanol–water partition coefficient (Wildman–Crippen LogP) is 2.52. The second kappa shape index (κ2) is 8.24. The number of Topliss-reactive ketones (excluding diaryl/α,β-unsaturated/α-hetero) is 1. The Balaban J connectivity index is 1.86. The van der Waals surface area contributed by atoms with Crippen LogP contribution in [0, 0.1) is 0 Å². The van der Waals surface area contributed by atoms with E-state index in [1.807, 2.05) is 30.3 Å². The minimum Gasteiger partial charge on any atom is -0.480 e. The average molecular weight is 331 g/mol. The summed E-state index contributed by atoms with van der Waals surface area (Å²) in [6.45, 7) is 0. The molecule has 5 nitrogen and oxygen atoms in total. The molecule has 1 aromatic carbocycles. The van der Waals surface area contributed by atoms with Crippen LogP contribution in [0.1, 0.15) is 28.1 Å². The SMILES string of the molecule is O=C(CCC(=O)c1cccs1)NC(Cc1ccccc1)C(=O)O. The summed E-state index contributed by atoms with van der Waals surface area (Å²) in [7, 11) is 0. The molecule has 0 aliphatic heterocycles. The average Bonchev–Trinajstić information content (AvgIpc) is 3.07. The van der Waals surface area contributed by atoms with Gasteiger partial charge in [0.2, 0.25) is 5.91 Å². The fourth-order valence-electron chi connectivity index (χ4n) is 2.10. The van der Waals surface area contributed by atoms with Crippen molar-refractivity contribution in [2.75, 3.05) is 0 Å². The van der Waals surface area contributed by atoms with Crippen molar-refractivity contribution in [1.29, 1.82) is 0 Å². The zero-order valence-electron chi connectivity index (χ0n) is 12.4. The summed E-state index contributed by atoms with van der Waals surface area (Å²) in [6, 6.07) is 11.6. The van der Waals surface area contributed by atoms with Crippen molar-refractivity contribution in [2.24, 2.45) is 0 Å². The van der Waals surface area contributed by atoms with Crippen LogP contribution in [-0.4, -0.2) is 28.8 Å². The highest BCUT2D eigenvalue weighted by Crippen LogP contribution is 2.12. The number of hydrogen-bond donors (Lipinski definition) is 2. The van der Waals surface area contributed by atoms with Gasteiger partial charge in [-0.15, -0.1) is 11.3 Å². The number of carbonyl (C=O) groups is 3. The van der Waals surface area contributed by atoms with E-state index in [1.54, 1.807) is 17.5 Å². The van der Waals surface area contributed by atoms with Gasteiger partial charge < -0.3 is 10.4 Å². The van der Waals surface area contributed by atoms with Crippen LogP contribution in [0.4, 0.5) is 0 Å². The maximum Gasteiger partial charge on any atom is 0.326 e. The topological polar surface area (TPSA) is 83.5 Å². The summed E-state index contributed by atoms with van der Waals surface area (Å²) >= 11 is 1.33. The first-order valence-electron chi connectivity index (χ1n) is 7.19. The minimum atomic E-state index is -1.09. The molecule has 1 amide bonds. The molecule has 0 fully saturated rings. The zero-order valence-corrected chi connectivity index (χ0v) is 13.2. The van der Waals surface area contributed by atoms with Gasteiger partial charge in [-0.1, -0.05) is 36.4 Å². The summed E-state index contributed by atoms with van der Waals surface area (Å²) in [4.78, 5) is 35.6. The molecular formula is C17H17NO4S. The van der Waals surface area contributed by atoms with Gasteiger partial charge in [0.15, 0.2) is 5.78 Å². The predicted molar refractivity (Wildman–Crippen MR) is 87.6 cm³/mol. The van der Waals surface area contributed by atoms with Gasteiger partial charge in [-0.05, 0) is 17.0 Å². The van der Waals surface area contributed by atoms with Crippen LogP contribution in [0.5, 0.6) is 0 Å². The Hall–Kier alpha value is -2.47. The highest BCUT2D eigenvalue weighted by molar-refractivity contribution is 7.12. The van der Waals surface area contributed by atoms with Crippen LogP contribution in [-0.2, 0) is 16.0 Å². The van der Waals surface area contributed by atoms with E-state index in [4.69, 9.17) is 0 Å². The molecule has 2 rings (SSSR count). The lowest BCUT2D eigenvalue weighted by atomic mass is 10.1. The lowest BCUT2D eigenvalue weighted by molar-refractivity contribution is -0.141. The van der Waals surface area contributed by atoms with Crippen LogP contribution in [0.15, 0.2) is 47.8 Å². The Morgan fingerprint density at radius 1 is 1.04 bits per heavy atom. The number of carboxylic acids is 1. The zero-order chi connectivity index (χ0) is 16.7. The number of carboxylic acid groups (broad SMARTS) is 1. The summed E-state index contributed by atoms with van der Waals surface area (Å²) in [5.74, 6) is -1.63. The van der Waals surface area contributed by atoms with Crippen molar-refractivity contribution in [1.82, 2.24) is 5.32 Å². The molecule has 2 aromatic rings. The van der Waals surface area contributed by atoms with Gasteiger partial charge in [0.05, 0.1) is 4.88 Å². The van der Waals surface area contributed by atoms with Gasteiger partial charge in [-0.2, -0.15) is 0 Å². The normalized spacial score (nSPS) is 11.7. The third-order valence-electron chi connectivity index (χ3n) is 3.29. The van der Waals surface area contributed by atoms with Crippen LogP contribution >= 0.6 is 11.3 Å². The molecule has 0 bridgehead atoms. The number of ketones is 1. The van der Waals surface area contributed by atoms with Crippen molar-refractivity contribution in [3.05, 3.63) is 58.3 Å². The smallest absolute Gasteiger partial charge is 0.326 e. The maximum atomic E-state index is 11.9. The third-order valence-corrected chi connectivity index (χ3v) is 4.20. The molecule has 0 aliphatic carbocycles. The number of rotatable bonds is 8. The number of benzene rings is 1. The van der Waals surface area contributed by atoms with Gasteiger partial charge in [-0.3, -0.25) is 9.59 Å². The molecular weight excluding hydrogens is 314 g/mol. The van der Waals surface area contributed by atoms with E-state index in [2.05, 4.69) is 5.32 Å². The molecule has 0 saturated heterocycles. The molecule has 6 heteroatoms. The summed E-state index contributed by atoms with van der Waals surface area (Å²) in [5.41, 5.74) is 0.829. The van der Waals surface area contributed by atoms with Gasteiger partial charge >= 0.3 is 5.97 Å². The largest absolute Gasteiger partial charge is 0.480 e. The number of hydrogen-bond acceptors (Lipinski definition) is 4. The molecule has 0 saturated carbocycles. The molecule has 2 N–H and O–H groups in total. The van der Waals surface area contributed by atoms with E-state index < -0.39 is 17.9 Å². The van der Waals surface area contributed by atoms with Crippen molar-refractivity contribution in [3.63, 3.8) is 0 Å². The molecule has 1 aromatic heterocycles. The highest BCUT2D eigenvalue weighted by atomic mass is 32.1. The van der Waals surface area contributed by atoms with Crippen molar-refractivity contribution >= 4 is 29.0 Å². The molecule has 1 atom stereocenters. The first kappa shape index (κ1) is 16.9. The highest BCUT2D eigenvalue weighted by Gasteiger charge is 2.20. The molecule has 1 heterocycles. The molecule has 0 radical (unpaired) electrons. The minimum absolute atomic E-state index is 0.0185. The molecule has 23 heavy (non-hydrogen) atoms.